The SMILES string of the molecule is NC1CCN(CCN[C@@H]2C[C@H]2c2ccc(-c3ccccc3)cc2C(F)(F)F)C1. The minimum Gasteiger partial charge on any atom is -0.326 e. The maximum absolute atomic E-state index is 13.7. The molecular weight excluding hydrogens is 363 g/mol. The van der Waals surface area contributed by atoms with Crippen LogP contribution in [0.4, 0.5) is 13.2 Å². The molecule has 3 N–H and O–H groups in total. The van der Waals surface area contributed by atoms with E-state index in [0.29, 0.717) is 11.1 Å². The smallest absolute Gasteiger partial charge is 0.326 e. The topological polar surface area (TPSA) is 41.3 Å². The molecule has 4 rings (SSSR count). The number of rotatable bonds is 6. The van der Waals surface area contributed by atoms with Crippen molar-refractivity contribution < 1.29 is 13.2 Å². The van der Waals surface area contributed by atoms with Crippen LogP contribution in [0.25, 0.3) is 11.1 Å². The van der Waals surface area contributed by atoms with Gasteiger partial charge in [-0.15, -0.1) is 0 Å². The normalized spacial score (nSPS) is 25.2. The summed E-state index contributed by atoms with van der Waals surface area (Å²) in [6.45, 7) is 3.61. The standard InChI is InChI=1S/C22H26F3N3/c23-22(24,25)20-12-16(15-4-2-1-3-5-15)6-7-18(20)19-13-21(19)27-9-11-28-10-8-17(26)14-28/h1-7,12,17,19,21,27H,8-11,13-14,26H2/t17?,19-,21+/m0/s1. The van der Waals surface area contributed by atoms with Gasteiger partial charge in [-0.05, 0) is 42.1 Å². The Hall–Kier alpha value is -1.89. The van der Waals surface area contributed by atoms with Crippen LogP contribution in [-0.2, 0) is 6.18 Å². The molecule has 2 aromatic carbocycles. The summed E-state index contributed by atoms with van der Waals surface area (Å²) in [6.07, 6.45) is -2.57. The largest absolute Gasteiger partial charge is 0.416 e. The Kier molecular flexibility index (Phi) is 5.45. The zero-order chi connectivity index (χ0) is 19.7. The lowest BCUT2D eigenvalue weighted by Crippen LogP contribution is -2.33. The summed E-state index contributed by atoms with van der Waals surface area (Å²) < 4.78 is 41.1. The van der Waals surface area contributed by atoms with Gasteiger partial charge in [-0.2, -0.15) is 13.2 Å². The molecule has 3 atom stereocenters. The van der Waals surface area contributed by atoms with Crippen molar-refractivity contribution in [2.75, 3.05) is 26.2 Å². The molecule has 0 spiro atoms. The summed E-state index contributed by atoms with van der Waals surface area (Å²) in [6, 6.07) is 14.4. The summed E-state index contributed by atoms with van der Waals surface area (Å²) in [7, 11) is 0. The molecule has 1 aliphatic carbocycles. The molecule has 1 unspecified atom stereocenters. The van der Waals surface area contributed by atoms with E-state index < -0.39 is 11.7 Å². The number of benzene rings is 2. The first-order chi connectivity index (χ1) is 13.4. The lowest BCUT2D eigenvalue weighted by molar-refractivity contribution is -0.138. The van der Waals surface area contributed by atoms with Crippen LogP contribution in [0.1, 0.15) is 29.9 Å². The van der Waals surface area contributed by atoms with Crippen LogP contribution in [0.3, 0.4) is 0 Å². The average Bonchev–Trinajstić information content (AvgIpc) is 3.33. The molecule has 1 heterocycles. The summed E-state index contributed by atoms with van der Waals surface area (Å²) >= 11 is 0. The molecule has 1 saturated heterocycles. The van der Waals surface area contributed by atoms with Crippen LogP contribution in [0.15, 0.2) is 48.5 Å². The van der Waals surface area contributed by atoms with Crippen molar-refractivity contribution in [3.63, 3.8) is 0 Å². The fourth-order valence-electron chi connectivity index (χ4n) is 4.17. The Balaban J connectivity index is 1.43. The molecule has 2 fully saturated rings. The third-order valence-corrected chi connectivity index (χ3v) is 5.80. The van der Waals surface area contributed by atoms with Crippen molar-refractivity contribution in [2.24, 2.45) is 5.73 Å². The Morgan fingerprint density at radius 3 is 2.54 bits per heavy atom. The second-order valence-electron chi connectivity index (χ2n) is 7.92. The molecule has 1 saturated carbocycles. The number of hydrogen-bond acceptors (Lipinski definition) is 3. The number of nitrogens with two attached hydrogens (primary N) is 1. The van der Waals surface area contributed by atoms with Gasteiger partial charge < -0.3 is 16.0 Å². The third kappa shape index (κ3) is 4.40. The number of nitrogens with one attached hydrogen (secondary N) is 1. The summed E-state index contributed by atoms with van der Waals surface area (Å²) in [4.78, 5) is 2.31. The van der Waals surface area contributed by atoms with E-state index in [2.05, 4.69) is 10.2 Å². The maximum atomic E-state index is 13.7. The van der Waals surface area contributed by atoms with E-state index in [1.165, 1.54) is 6.07 Å². The highest BCUT2D eigenvalue weighted by atomic mass is 19.4. The van der Waals surface area contributed by atoms with Crippen molar-refractivity contribution in [1.29, 1.82) is 0 Å². The van der Waals surface area contributed by atoms with Gasteiger partial charge in [0.2, 0.25) is 0 Å². The van der Waals surface area contributed by atoms with Gasteiger partial charge in [0.25, 0.3) is 0 Å². The number of likely N-dealkylation sites (tertiary alicyclic amines) is 1. The van der Waals surface area contributed by atoms with E-state index in [-0.39, 0.29) is 18.0 Å². The zero-order valence-electron chi connectivity index (χ0n) is 15.8. The van der Waals surface area contributed by atoms with E-state index in [4.69, 9.17) is 5.73 Å². The van der Waals surface area contributed by atoms with Crippen molar-refractivity contribution in [2.45, 2.75) is 37.0 Å². The minimum absolute atomic E-state index is 0.0673. The fraction of sp³-hybridized carbons (Fsp3) is 0.455. The number of hydrogen-bond donors (Lipinski definition) is 2. The maximum Gasteiger partial charge on any atom is 0.416 e. The van der Waals surface area contributed by atoms with Gasteiger partial charge in [-0.25, -0.2) is 0 Å². The molecule has 0 amide bonds. The van der Waals surface area contributed by atoms with E-state index in [1.807, 2.05) is 30.3 Å². The van der Waals surface area contributed by atoms with Gasteiger partial charge in [-0.1, -0.05) is 42.5 Å². The van der Waals surface area contributed by atoms with Crippen LogP contribution in [-0.4, -0.2) is 43.2 Å². The van der Waals surface area contributed by atoms with Crippen LogP contribution >= 0.6 is 0 Å². The Labute approximate surface area is 163 Å². The summed E-state index contributed by atoms with van der Waals surface area (Å²) in [5.41, 5.74) is 7.22. The highest BCUT2D eigenvalue weighted by Crippen LogP contribution is 2.47. The number of alkyl halides is 3. The van der Waals surface area contributed by atoms with Gasteiger partial charge >= 0.3 is 6.18 Å². The van der Waals surface area contributed by atoms with E-state index in [9.17, 15) is 13.2 Å². The molecule has 2 aromatic rings. The second kappa shape index (κ2) is 7.85. The lowest BCUT2D eigenvalue weighted by Gasteiger charge is -2.17. The Morgan fingerprint density at radius 1 is 1.07 bits per heavy atom. The highest BCUT2D eigenvalue weighted by Gasteiger charge is 2.44. The average molecular weight is 389 g/mol. The van der Waals surface area contributed by atoms with Crippen molar-refractivity contribution in [1.82, 2.24) is 10.2 Å². The Bertz CT molecular complexity index is 806. The van der Waals surface area contributed by atoms with Crippen LogP contribution in [0, 0.1) is 0 Å². The highest BCUT2D eigenvalue weighted by molar-refractivity contribution is 5.65. The third-order valence-electron chi connectivity index (χ3n) is 5.80. The van der Waals surface area contributed by atoms with E-state index in [1.54, 1.807) is 12.1 Å². The molecule has 6 heteroatoms. The van der Waals surface area contributed by atoms with Crippen LogP contribution in [0.2, 0.25) is 0 Å². The molecule has 2 aliphatic rings. The van der Waals surface area contributed by atoms with Crippen molar-refractivity contribution in [3.8, 4) is 11.1 Å². The molecule has 1 aliphatic heterocycles. The van der Waals surface area contributed by atoms with Gasteiger partial charge in [0.15, 0.2) is 0 Å². The molecule has 0 radical (unpaired) electrons. The van der Waals surface area contributed by atoms with Crippen LogP contribution in [0.5, 0.6) is 0 Å². The van der Waals surface area contributed by atoms with Crippen molar-refractivity contribution >= 4 is 0 Å². The molecule has 3 nitrogen and oxygen atoms in total. The first-order valence-corrected chi connectivity index (χ1v) is 9.89. The molecule has 28 heavy (non-hydrogen) atoms. The fourth-order valence-corrected chi connectivity index (χ4v) is 4.17. The van der Waals surface area contributed by atoms with E-state index in [0.717, 1.165) is 44.6 Å². The van der Waals surface area contributed by atoms with Gasteiger partial charge in [0, 0.05) is 37.6 Å². The first-order valence-electron chi connectivity index (χ1n) is 9.89. The second-order valence-corrected chi connectivity index (χ2v) is 7.92. The van der Waals surface area contributed by atoms with Gasteiger partial charge in [0.1, 0.15) is 0 Å². The molecule has 150 valence electrons. The van der Waals surface area contributed by atoms with E-state index >= 15 is 0 Å². The zero-order valence-corrected chi connectivity index (χ0v) is 15.8. The quantitative estimate of drug-likeness (QED) is 0.789. The first kappa shape index (κ1) is 19.4. The Morgan fingerprint density at radius 2 is 1.86 bits per heavy atom. The molecular formula is C22H26F3N3. The van der Waals surface area contributed by atoms with Gasteiger partial charge in [-0.3, -0.25) is 0 Å². The van der Waals surface area contributed by atoms with Gasteiger partial charge in [0.05, 0.1) is 5.56 Å². The number of nitrogens with zero attached hydrogens (tertiary/aromatic N) is 1. The van der Waals surface area contributed by atoms with Crippen LogP contribution < -0.4 is 11.1 Å². The monoisotopic (exact) mass is 389 g/mol. The predicted octanol–water partition coefficient (Wildman–Crippen LogP) is 3.85. The molecule has 0 aromatic heterocycles. The van der Waals surface area contributed by atoms with Crippen molar-refractivity contribution in [3.05, 3.63) is 59.7 Å². The summed E-state index contributed by atoms with van der Waals surface area (Å²) in [5.74, 6) is -0.0673. The number of halogens is 3. The summed E-state index contributed by atoms with van der Waals surface area (Å²) in [5, 5.41) is 3.42. The molecule has 0 bridgehead atoms. The lowest BCUT2D eigenvalue weighted by atomic mass is 9.96. The predicted molar refractivity (Wildman–Crippen MR) is 105 cm³/mol. The minimum atomic E-state index is -4.35.